The van der Waals surface area contributed by atoms with Gasteiger partial charge in [-0.2, -0.15) is 0 Å². The van der Waals surface area contributed by atoms with E-state index < -0.39 is 24.0 Å². The van der Waals surface area contributed by atoms with Crippen LogP contribution in [0.4, 0.5) is 0 Å². The lowest BCUT2D eigenvalue weighted by atomic mass is 9.97. The van der Waals surface area contributed by atoms with Gasteiger partial charge in [-0.25, -0.2) is 4.79 Å². The molecular weight excluding hydrogens is 204 g/mol. The number of esters is 1. The summed E-state index contributed by atoms with van der Waals surface area (Å²) >= 11 is 0. The average molecular weight is 218 g/mol. The quantitative estimate of drug-likeness (QED) is 0.462. The number of aliphatic carboxylic acids is 1. The first-order valence-corrected chi connectivity index (χ1v) is 4.71. The molecule has 0 aliphatic carbocycles. The Bertz CT molecular complexity index is 259. The van der Waals surface area contributed by atoms with Crippen LogP contribution < -0.4 is 0 Å². The van der Waals surface area contributed by atoms with E-state index in [-0.39, 0.29) is 19.1 Å². The van der Waals surface area contributed by atoms with Crippen molar-refractivity contribution in [1.29, 1.82) is 0 Å². The summed E-state index contributed by atoms with van der Waals surface area (Å²) in [7, 11) is 0. The SMILES string of the molecule is CCC(O)(CC(=O)O)C(=O)OCC1CO1. The van der Waals surface area contributed by atoms with Crippen LogP contribution in [0.5, 0.6) is 0 Å². The van der Waals surface area contributed by atoms with Gasteiger partial charge < -0.3 is 19.7 Å². The molecule has 0 saturated carbocycles. The zero-order valence-electron chi connectivity index (χ0n) is 8.43. The molecule has 1 aliphatic rings. The fourth-order valence-electron chi connectivity index (χ4n) is 1.06. The smallest absolute Gasteiger partial charge is 0.338 e. The highest BCUT2D eigenvalue weighted by atomic mass is 16.6. The predicted molar refractivity (Wildman–Crippen MR) is 48.2 cm³/mol. The molecule has 0 spiro atoms. The highest BCUT2D eigenvalue weighted by Crippen LogP contribution is 2.18. The van der Waals surface area contributed by atoms with Gasteiger partial charge in [0, 0.05) is 0 Å². The normalized spacial score (nSPS) is 22.9. The standard InChI is InChI=1S/C9H14O6/c1-2-9(13,3-7(10)11)8(12)15-5-6-4-14-6/h6,13H,2-5H2,1H3,(H,10,11). The van der Waals surface area contributed by atoms with E-state index in [4.69, 9.17) is 14.6 Å². The molecule has 86 valence electrons. The number of carbonyl (C=O) groups excluding carboxylic acids is 1. The lowest BCUT2D eigenvalue weighted by Crippen LogP contribution is -2.42. The second kappa shape index (κ2) is 4.59. The Morgan fingerprint density at radius 2 is 2.20 bits per heavy atom. The van der Waals surface area contributed by atoms with Crippen molar-refractivity contribution >= 4 is 11.9 Å². The van der Waals surface area contributed by atoms with Crippen LogP contribution in [0, 0.1) is 0 Å². The lowest BCUT2D eigenvalue weighted by molar-refractivity contribution is -0.171. The summed E-state index contributed by atoms with van der Waals surface area (Å²) in [6.07, 6.45) is -0.739. The third kappa shape index (κ3) is 3.49. The molecule has 0 aromatic rings. The molecule has 1 aliphatic heterocycles. The van der Waals surface area contributed by atoms with E-state index in [9.17, 15) is 14.7 Å². The minimum Gasteiger partial charge on any atom is -0.481 e. The summed E-state index contributed by atoms with van der Waals surface area (Å²) in [5.41, 5.74) is -1.93. The Morgan fingerprint density at radius 3 is 2.60 bits per heavy atom. The van der Waals surface area contributed by atoms with E-state index in [2.05, 4.69) is 0 Å². The van der Waals surface area contributed by atoms with E-state index in [0.717, 1.165) is 0 Å². The Morgan fingerprint density at radius 1 is 1.60 bits per heavy atom. The molecule has 1 rings (SSSR count). The number of carboxylic acids is 1. The Labute approximate surface area is 86.8 Å². The first kappa shape index (κ1) is 11.9. The molecule has 2 atom stereocenters. The van der Waals surface area contributed by atoms with Crippen LogP contribution in [0.1, 0.15) is 19.8 Å². The summed E-state index contributed by atoms with van der Waals surface area (Å²) in [5, 5.41) is 18.2. The molecule has 2 N–H and O–H groups in total. The topological polar surface area (TPSA) is 96.4 Å². The predicted octanol–water partition coefficient (Wildman–Crippen LogP) is -0.456. The number of epoxide rings is 1. The summed E-state index contributed by atoms with van der Waals surface area (Å²) in [4.78, 5) is 21.8. The first-order chi connectivity index (χ1) is 6.98. The van der Waals surface area contributed by atoms with Crippen molar-refractivity contribution in [2.45, 2.75) is 31.5 Å². The van der Waals surface area contributed by atoms with Gasteiger partial charge in [0.2, 0.25) is 0 Å². The van der Waals surface area contributed by atoms with Crippen LogP contribution in [0.3, 0.4) is 0 Å². The van der Waals surface area contributed by atoms with Crippen molar-refractivity contribution in [1.82, 2.24) is 0 Å². The fraction of sp³-hybridized carbons (Fsp3) is 0.778. The van der Waals surface area contributed by atoms with Crippen LogP contribution in [0.2, 0.25) is 0 Å². The van der Waals surface area contributed by atoms with Gasteiger partial charge in [0.25, 0.3) is 0 Å². The minimum atomic E-state index is -1.93. The largest absolute Gasteiger partial charge is 0.481 e. The van der Waals surface area contributed by atoms with Crippen molar-refractivity contribution in [3.05, 3.63) is 0 Å². The molecule has 1 heterocycles. The van der Waals surface area contributed by atoms with Gasteiger partial charge in [0.1, 0.15) is 12.7 Å². The van der Waals surface area contributed by atoms with E-state index >= 15 is 0 Å². The van der Waals surface area contributed by atoms with Crippen molar-refractivity contribution in [3.8, 4) is 0 Å². The highest BCUT2D eigenvalue weighted by molar-refractivity contribution is 5.84. The monoisotopic (exact) mass is 218 g/mol. The third-order valence-electron chi connectivity index (χ3n) is 2.21. The summed E-state index contributed by atoms with van der Waals surface area (Å²) in [5.74, 6) is -2.14. The zero-order valence-corrected chi connectivity index (χ0v) is 8.43. The molecule has 0 bridgehead atoms. The van der Waals surface area contributed by atoms with Crippen LogP contribution in [0.25, 0.3) is 0 Å². The number of ether oxygens (including phenoxy) is 2. The average Bonchev–Trinajstić information content (AvgIpc) is 2.96. The van der Waals surface area contributed by atoms with E-state index in [1.54, 1.807) is 0 Å². The lowest BCUT2D eigenvalue weighted by Gasteiger charge is -2.22. The molecule has 0 aromatic heterocycles. The Kier molecular flexibility index (Phi) is 3.65. The van der Waals surface area contributed by atoms with Crippen molar-refractivity contribution in [2.75, 3.05) is 13.2 Å². The van der Waals surface area contributed by atoms with E-state index in [1.807, 2.05) is 0 Å². The molecular formula is C9H14O6. The van der Waals surface area contributed by atoms with Gasteiger partial charge in [-0.1, -0.05) is 6.92 Å². The number of rotatable bonds is 6. The van der Waals surface area contributed by atoms with Crippen molar-refractivity contribution in [3.63, 3.8) is 0 Å². The maximum Gasteiger partial charge on any atom is 0.338 e. The molecule has 15 heavy (non-hydrogen) atoms. The molecule has 6 heteroatoms. The number of carbonyl (C=O) groups is 2. The maximum absolute atomic E-state index is 11.4. The van der Waals surface area contributed by atoms with Crippen LogP contribution in [-0.2, 0) is 19.1 Å². The molecule has 0 radical (unpaired) electrons. The second-order valence-corrected chi connectivity index (χ2v) is 3.51. The Hall–Kier alpha value is -1.14. The zero-order chi connectivity index (χ0) is 11.5. The van der Waals surface area contributed by atoms with Crippen LogP contribution >= 0.6 is 0 Å². The van der Waals surface area contributed by atoms with E-state index in [1.165, 1.54) is 6.92 Å². The molecule has 1 fully saturated rings. The molecule has 6 nitrogen and oxygen atoms in total. The molecule has 0 aromatic carbocycles. The maximum atomic E-state index is 11.4. The molecule has 2 unspecified atom stereocenters. The third-order valence-corrected chi connectivity index (χ3v) is 2.21. The minimum absolute atomic E-state index is 0.00363. The van der Waals surface area contributed by atoms with Gasteiger partial charge in [0.05, 0.1) is 13.0 Å². The number of aliphatic hydroxyl groups is 1. The first-order valence-electron chi connectivity index (χ1n) is 4.71. The molecule has 0 amide bonds. The number of hydrogen-bond acceptors (Lipinski definition) is 5. The Balaban J connectivity index is 2.45. The summed E-state index contributed by atoms with van der Waals surface area (Å²) < 4.78 is 9.56. The van der Waals surface area contributed by atoms with Gasteiger partial charge >= 0.3 is 11.9 Å². The highest BCUT2D eigenvalue weighted by Gasteiger charge is 2.39. The number of hydrogen-bond donors (Lipinski definition) is 2. The summed E-state index contributed by atoms with van der Waals surface area (Å²) in [6, 6.07) is 0. The van der Waals surface area contributed by atoms with Crippen LogP contribution in [-0.4, -0.2) is 47.1 Å². The van der Waals surface area contributed by atoms with E-state index in [0.29, 0.717) is 6.61 Å². The van der Waals surface area contributed by atoms with Crippen LogP contribution in [0.15, 0.2) is 0 Å². The number of carboxylic acid groups (broad SMARTS) is 1. The van der Waals surface area contributed by atoms with Crippen molar-refractivity contribution in [2.24, 2.45) is 0 Å². The van der Waals surface area contributed by atoms with Gasteiger partial charge in [-0.3, -0.25) is 4.79 Å². The van der Waals surface area contributed by atoms with Gasteiger partial charge in [-0.15, -0.1) is 0 Å². The molecule has 1 saturated heterocycles. The summed E-state index contributed by atoms with van der Waals surface area (Å²) in [6.45, 7) is 2.13. The second-order valence-electron chi connectivity index (χ2n) is 3.51. The van der Waals surface area contributed by atoms with Gasteiger partial charge in [0.15, 0.2) is 5.60 Å². The van der Waals surface area contributed by atoms with Crippen molar-refractivity contribution < 1.29 is 29.3 Å². The van der Waals surface area contributed by atoms with Gasteiger partial charge in [-0.05, 0) is 6.42 Å². The fourth-order valence-corrected chi connectivity index (χ4v) is 1.06.